The molecule has 2 aliphatic rings. The maximum Gasteiger partial charge on any atom is 0.180 e. The van der Waals surface area contributed by atoms with E-state index < -0.39 is 17.5 Å². The van der Waals surface area contributed by atoms with Crippen molar-refractivity contribution in [2.45, 2.75) is 50.4 Å². The van der Waals surface area contributed by atoms with E-state index >= 15 is 0 Å². The zero-order chi connectivity index (χ0) is 19.4. The van der Waals surface area contributed by atoms with Gasteiger partial charge in [0.2, 0.25) is 0 Å². The number of hydrogen-bond donors (Lipinski definition) is 1. The number of fused-ring (bicyclic) bond motifs is 3. The Bertz CT molecular complexity index is 1050. The highest BCUT2D eigenvalue weighted by Gasteiger charge is 2.37. The molecule has 3 heterocycles. The van der Waals surface area contributed by atoms with Crippen molar-refractivity contribution in [3.8, 4) is 0 Å². The van der Waals surface area contributed by atoms with Gasteiger partial charge in [-0.3, -0.25) is 4.90 Å². The molecule has 0 amide bonds. The van der Waals surface area contributed by atoms with Crippen LogP contribution in [-0.4, -0.2) is 36.8 Å². The Hall–Kier alpha value is -2.52. The quantitative estimate of drug-likeness (QED) is 0.683. The van der Waals surface area contributed by atoms with E-state index in [1.165, 1.54) is 0 Å². The monoisotopic (exact) mass is 388 g/mol. The van der Waals surface area contributed by atoms with Crippen molar-refractivity contribution >= 4 is 5.65 Å². The summed E-state index contributed by atoms with van der Waals surface area (Å²) in [5, 5.41) is 8.66. The van der Waals surface area contributed by atoms with Crippen LogP contribution in [0.3, 0.4) is 0 Å². The predicted molar refractivity (Wildman–Crippen MR) is 94.7 cm³/mol. The summed E-state index contributed by atoms with van der Waals surface area (Å²) in [5.41, 5.74) is 9.33. The summed E-state index contributed by atoms with van der Waals surface area (Å²) < 4.78 is 42.6. The van der Waals surface area contributed by atoms with Gasteiger partial charge in [0.1, 0.15) is 5.82 Å². The molecule has 2 aromatic heterocycles. The van der Waals surface area contributed by atoms with Crippen LogP contribution < -0.4 is 5.73 Å². The molecule has 3 aromatic rings. The topological polar surface area (TPSA) is 72.3 Å². The van der Waals surface area contributed by atoms with E-state index in [0.717, 1.165) is 35.9 Å². The minimum atomic E-state index is -1.17. The second-order valence-corrected chi connectivity index (χ2v) is 7.61. The zero-order valence-corrected chi connectivity index (χ0v) is 15.0. The van der Waals surface area contributed by atoms with Gasteiger partial charge >= 0.3 is 0 Å². The molecule has 0 unspecified atom stereocenters. The Kier molecular flexibility index (Phi) is 4.09. The van der Waals surface area contributed by atoms with E-state index in [-0.39, 0.29) is 23.6 Å². The van der Waals surface area contributed by atoms with Crippen molar-refractivity contribution in [3.05, 3.63) is 58.8 Å². The molecule has 1 saturated carbocycles. The number of rotatable bonds is 2. The minimum absolute atomic E-state index is 0.169. The van der Waals surface area contributed by atoms with Gasteiger partial charge in [-0.25, -0.2) is 18.2 Å². The third-order valence-corrected chi connectivity index (χ3v) is 6.00. The summed E-state index contributed by atoms with van der Waals surface area (Å²) in [7, 11) is 0. The first-order valence-electron chi connectivity index (χ1n) is 9.33. The van der Waals surface area contributed by atoms with Gasteiger partial charge in [-0.2, -0.15) is 10.2 Å². The van der Waals surface area contributed by atoms with E-state index in [0.29, 0.717) is 25.5 Å². The molecule has 9 heteroatoms. The highest BCUT2D eigenvalue weighted by molar-refractivity contribution is 5.50. The Labute approximate surface area is 159 Å². The molecule has 1 fully saturated rings. The molecule has 28 heavy (non-hydrogen) atoms. The van der Waals surface area contributed by atoms with Crippen LogP contribution in [0.25, 0.3) is 5.65 Å². The van der Waals surface area contributed by atoms with Crippen molar-refractivity contribution in [3.63, 3.8) is 0 Å². The average Bonchev–Trinajstić information content (AvgIpc) is 3.23. The first-order valence-corrected chi connectivity index (χ1v) is 9.33. The molecular weight excluding hydrogens is 369 g/mol. The van der Waals surface area contributed by atoms with E-state index in [1.54, 1.807) is 17.0 Å². The largest absolute Gasteiger partial charge is 0.327 e. The Morgan fingerprint density at radius 1 is 1.00 bits per heavy atom. The van der Waals surface area contributed by atoms with Crippen LogP contribution in [-0.2, 0) is 13.1 Å². The van der Waals surface area contributed by atoms with E-state index in [4.69, 9.17) is 5.73 Å². The lowest BCUT2D eigenvalue weighted by Crippen LogP contribution is -2.44. The number of nitrogens with zero attached hydrogens (tertiary/aromatic N) is 5. The number of benzene rings is 1. The van der Waals surface area contributed by atoms with Crippen molar-refractivity contribution in [1.29, 1.82) is 0 Å². The zero-order valence-electron chi connectivity index (χ0n) is 15.0. The smallest absolute Gasteiger partial charge is 0.180 e. The first kappa shape index (κ1) is 17.6. The fraction of sp³-hybridized carbons (Fsp3) is 0.421. The third kappa shape index (κ3) is 2.77. The van der Waals surface area contributed by atoms with Gasteiger partial charge < -0.3 is 5.73 Å². The normalized spacial score (nSPS) is 25.4. The van der Waals surface area contributed by atoms with Crippen LogP contribution >= 0.6 is 0 Å². The molecule has 6 nitrogen and oxygen atoms in total. The standard InChI is InChI=1S/C19H19F3N6/c20-14-7-16(22)15(21)6-12(14)11-2-1-10(5-17(11)23)27-8-13-18(9-27)26-28-19(13)24-3-4-25-28/h3-4,6-7,10-11,17H,1-2,5,8-9,23H2/t10-,11+,17-/m0/s1. The molecule has 3 atom stereocenters. The number of hydrogen-bond acceptors (Lipinski definition) is 5. The van der Waals surface area contributed by atoms with Crippen molar-refractivity contribution in [1.82, 2.24) is 24.7 Å². The SMILES string of the molecule is N[C@H]1C[C@@H](N2Cc3nn4nccnc4c3C2)CC[C@@H]1c1cc(F)c(F)cc1F. The molecule has 1 aliphatic carbocycles. The molecule has 1 aromatic carbocycles. The summed E-state index contributed by atoms with van der Waals surface area (Å²) in [6, 6.07) is 1.46. The molecular formula is C19H19F3N6. The lowest BCUT2D eigenvalue weighted by Gasteiger charge is -2.38. The van der Waals surface area contributed by atoms with Gasteiger partial charge in [0.05, 0.1) is 11.9 Å². The first-order chi connectivity index (χ1) is 13.5. The highest BCUT2D eigenvalue weighted by Crippen LogP contribution is 2.38. The maximum absolute atomic E-state index is 14.2. The highest BCUT2D eigenvalue weighted by atomic mass is 19.2. The summed E-state index contributed by atoms with van der Waals surface area (Å²) in [5.74, 6) is -3.26. The number of halogens is 3. The molecule has 1 aliphatic heterocycles. The van der Waals surface area contributed by atoms with Gasteiger partial charge in [0, 0.05) is 48.9 Å². The van der Waals surface area contributed by atoms with Crippen LogP contribution in [0.1, 0.15) is 42.0 Å². The average molecular weight is 388 g/mol. The van der Waals surface area contributed by atoms with Gasteiger partial charge in [-0.05, 0) is 30.9 Å². The van der Waals surface area contributed by atoms with E-state index in [9.17, 15) is 13.2 Å². The molecule has 0 radical (unpaired) electrons. The molecule has 146 valence electrons. The Balaban J connectivity index is 1.32. The van der Waals surface area contributed by atoms with Crippen LogP contribution in [0.5, 0.6) is 0 Å². The maximum atomic E-state index is 14.2. The van der Waals surface area contributed by atoms with E-state index in [1.807, 2.05) is 0 Å². The van der Waals surface area contributed by atoms with E-state index in [2.05, 4.69) is 20.1 Å². The van der Waals surface area contributed by atoms with Gasteiger partial charge in [0.25, 0.3) is 0 Å². The fourth-order valence-corrected chi connectivity index (χ4v) is 4.60. The van der Waals surface area contributed by atoms with Gasteiger partial charge in [0.15, 0.2) is 17.3 Å². The molecule has 0 spiro atoms. The molecule has 5 rings (SSSR count). The summed E-state index contributed by atoms with van der Waals surface area (Å²) in [4.78, 5) is 6.67. The summed E-state index contributed by atoms with van der Waals surface area (Å²) in [6.07, 6.45) is 5.33. The fourth-order valence-electron chi connectivity index (χ4n) is 4.60. The van der Waals surface area contributed by atoms with Gasteiger partial charge in [-0.1, -0.05) is 0 Å². The lowest BCUT2D eigenvalue weighted by molar-refractivity contribution is 0.136. The summed E-state index contributed by atoms with van der Waals surface area (Å²) in [6.45, 7) is 1.42. The molecule has 0 bridgehead atoms. The van der Waals surface area contributed by atoms with Crippen LogP contribution in [0.2, 0.25) is 0 Å². The second kappa shape index (κ2) is 6.52. The Morgan fingerprint density at radius 2 is 1.82 bits per heavy atom. The predicted octanol–water partition coefficient (Wildman–Crippen LogP) is 2.52. The number of nitrogens with two attached hydrogens (primary N) is 1. The van der Waals surface area contributed by atoms with Crippen LogP contribution in [0, 0.1) is 17.5 Å². The number of aromatic nitrogens is 4. The second-order valence-electron chi connectivity index (χ2n) is 7.61. The van der Waals surface area contributed by atoms with Crippen molar-refractivity contribution < 1.29 is 13.2 Å². The third-order valence-electron chi connectivity index (χ3n) is 6.00. The van der Waals surface area contributed by atoms with Crippen LogP contribution in [0.4, 0.5) is 13.2 Å². The summed E-state index contributed by atoms with van der Waals surface area (Å²) >= 11 is 0. The molecule has 2 N–H and O–H groups in total. The molecule has 0 saturated heterocycles. The lowest BCUT2D eigenvalue weighted by atomic mass is 9.77. The minimum Gasteiger partial charge on any atom is -0.327 e. The van der Waals surface area contributed by atoms with Gasteiger partial charge in [-0.15, -0.1) is 4.63 Å². The Morgan fingerprint density at radius 3 is 2.64 bits per heavy atom. The van der Waals surface area contributed by atoms with Crippen molar-refractivity contribution in [2.24, 2.45) is 5.73 Å². The van der Waals surface area contributed by atoms with Crippen LogP contribution in [0.15, 0.2) is 24.5 Å². The van der Waals surface area contributed by atoms with Crippen molar-refractivity contribution in [2.75, 3.05) is 0 Å².